The second-order valence-electron chi connectivity index (χ2n) is 10.8. The van der Waals surface area contributed by atoms with Crippen molar-refractivity contribution in [3.05, 3.63) is 65.2 Å². The van der Waals surface area contributed by atoms with Crippen LogP contribution in [0.25, 0.3) is 11.3 Å². The highest BCUT2D eigenvalue weighted by Crippen LogP contribution is 2.31. The Labute approximate surface area is 230 Å². The fourth-order valence-corrected chi connectivity index (χ4v) is 6.50. The van der Waals surface area contributed by atoms with Gasteiger partial charge in [-0.25, -0.2) is 18.1 Å². The molecule has 9 nitrogen and oxygen atoms in total. The van der Waals surface area contributed by atoms with E-state index in [4.69, 9.17) is 4.74 Å². The lowest BCUT2D eigenvalue weighted by Crippen LogP contribution is -2.51. The molecule has 2 N–H and O–H groups in total. The van der Waals surface area contributed by atoms with Crippen molar-refractivity contribution in [3.8, 4) is 17.1 Å². The van der Waals surface area contributed by atoms with E-state index in [1.165, 1.54) is 12.1 Å². The average molecular weight is 550 g/mol. The minimum atomic E-state index is -4.08. The molecule has 1 fully saturated rings. The maximum atomic E-state index is 14.0. The van der Waals surface area contributed by atoms with Gasteiger partial charge in [0.2, 0.25) is 11.8 Å². The van der Waals surface area contributed by atoms with E-state index in [-0.39, 0.29) is 41.3 Å². The van der Waals surface area contributed by atoms with E-state index < -0.39 is 10.0 Å². The third kappa shape index (κ3) is 5.77. The maximum Gasteiger partial charge on any atom is 0.264 e. The summed E-state index contributed by atoms with van der Waals surface area (Å²) in [6.45, 7) is 9.92. The number of hydrogen-bond acceptors (Lipinski definition) is 7. The second-order valence-corrected chi connectivity index (χ2v) is 12.5. The lowest BCUT2D eigenvalue weighted by atomic mass is 9.99. The molecule has 39 heavy (non-hydrogen) atoms. The number of hydrogen-bond donors (Lipinski definition) is 2. The molecule has 2 aromatic carbocycles. The zero-order valence-electron chi connectivity index (χ0n) is 22.8. The SMILES string of the molecule is Cc1cccc(C)c1-c1cc2nc(n1)NS(=O)(=O)c1cccc(c1)C(=O)N(C1CCNC1)[C@H](CC(C)C)CO2. The second kappa shape index (κ2) is 10.9. The van der Waals surface area contributed by atoms with Gasteiger partial charge in [0.1, 0.15) is 6.61 Å². The van der Waals surface area contributed by atoms with Crippen LogP contribution in [0.3, 0.4) is 0 Å². The highest BCUT2D eigenvalue weighted by molar-refractivity contribution is 7.92. The molecule has 2 aliphatic rings. The van der Waals surface area contributed by atoms with E-state index in [0.717, 1.165) is 36.1 Å². The van der Waals surface area contributed by atoms with Crippen LogP contribution in [0.15, 0.2) is 53.4 Å². The summed E-state index contributed by atoms with van der Waals surface area (Å²) in [5.74, 6) is 0.261. The number of fused-ring (bicyclic) bond motifs is 4. The molecule has 3 aromatic rings. The zero-order valence-corrected chi connectivity index (χ0v) is 23.6. The molecule has 4 bridgehead atoms. The number of rotatable bonds is 4. The van der Waals surface area contributed by atoms with Gasteiger partial charge < -0.3 is 15.0 Å². The molecule has 2 aliphatic heterocycles. The summed E-state index contributed by atoms with van der Waals surface area (Å²) < 4.78 is 35.7. The first-order valence-corrected chi connectivity index (χ1v) is 14.9. The molecule has 1 saturated heterocycles. The van der Waals surface area contributed by atoms with Gasteiger partial charge >= 0.3 is 0 Å². The van der Waals surface area contributed by atoms with Crippen LogP contribution in [-0.2, 0) is 10.0 Å². The number of nitrogens with one attached hydrogen (secondary N) is 2. The van der Waals surface area contributed by atoms with Crippen molar-refractivity contribution in [2.24, 2.45) is 5.92 Å². The Morgan fingerprint density at radius 2 is 1.82 bits per heavy atom. The highest BCUT2D eigenvalue weighted by atomic mass is 32.2. The van der Waals surface area contributed by atoms with Crippen molar-refractivity contribution >= 4 is 21.9 Å². The molecule has 1 amide bonds. The van der Waals surface area contributed by atoms with Crippen LogP contribution in [0, 0.1) is 19.8 Å². The monoisotopic (exact) mass is 549 g/mol. The molecule has 3 heterocycles. The molecule has 206 valence electrons. The van der Waals surface area contributed by atoms with Gasteiger partial charge in [0, 0.05) is 29.8 Å². The van der Waals surface area contributed by atoms with Crippen molar-refractivity contribution < 1.29 is 17.9 Å². The maximum absolute atomic E-state index is 14.0. The fraction of sp³-hybridized carbons (Fsp3) is 0.414. The van der Waals surface area contributed by atoms with Gasteiger partial charge in [-0.2, -0.15) is 4.98 Å². The summed E-state index contributed by atoms with van der Waals surface area (Å²) in [6, 6.07) is 13.6. The van der Waals surface area contributed by atoms with Crippen molar-refractivity contribution in [2.75, 3.05) is 24.4 Å². The molecule has 1 aromatic heterocycles. The van der Waals surface area contributed by atoms with Crippen molar-refractivity contribution in [2.45, 2.75) is 57.5 Å². The third-order valence-electron chi connectivity index (χ3n) is 7.28. The molecule has 10 heteroatoms. The molecular weight excluding hydrogens is 514 g/mol. The normalized spacial score (nSPS) is 20.9. The molecule has 0 spiro atoms. The van der Waals surface area contributed by atoms with Crippen LogP contribution in [0.5, 0.6) is 5.88 Å². The Morgan fingerprint density at radius 3 is 2.51 bits per heavy atom. The topological polar surface area (TPSA) is 114 Å². The number of ether oxygens (including phenoxy) is 1. The quantitative estimate of drug-likeness (QED) is 0.502. The summed E-state index contributed by atoms with van der Waals surface area (Å²) in [6.07, 6.45) is 1.54. The molecule has 0 saturated carbocycles. The summed E-state index contributed by atoms with van der Waals surface area (Å²) in [7, 11) is -4.08. The van der Waals surface area contributed by atoms with Crippen LogP contribution in [-0.4, -0.2) is 61.0 Å². The first kappa shape index (κ1) is 27.1. The largest absolute Gasteiger partial charge is 0.475 e. The van der Waals surface area contributed by atoms with E-state index >= 15 is 0 Å². The number of nitrogens with zero attached hydrogens (tertiary/aromatic N) is 3. The van der Waals surface area contributed by atoms with Gasteiger partial charge in [-0.1, -0.05) is 38.1 Å². The van der Waals surface area contributed by atoms with E-state index in [1.54, 1.807) is 18.2 Å². The Kier molecular flexibility index (Phi) is 7.59. The number of amides is 1. The zero-order chi connectivity index (χ0) is 27.7. The lowest BCUT2D eigenvalue weighted by molar-refractivity contribution is 0.0465. The summed E-state index contributed by atoms with van der Waals surface area (Å²) in [4.78, 5) is 24.9. The molecule has 2 atom stereocenters. The molecule has 1 unspecified atom stereocenters. The Balaban J connectivity index is 1.67. The minimum absolute atomic E-state index is 0.0268. The number of carbonyl (C=O) groups excluding carboxylic acids is 1. The van der Waals surface area contributed by atoms with Gasteiger partial charge in [-0.05, 0) is 68.5 Å². The molecular formula is C29H35N5O4S. The van der Waals surface area contributed by atoms with Crippen LogP contribution in [0.2, 0.25) is 0 Å². The number of benzene rings is 2. The first-order chi connectivity index (χ1) is 18.6. The van der Waals surface area contributed by atoms with E-state index in [0.29, 0.717) is 23.7 Å². The van der Waals surface area contributed by atoms with Gasteiger partial charge in [-0.15, -0.1) is 0 Å². The predicted octanol–water partition coefficient (Wildman–Crippen LogP) is 4.17. The van der Waals surface area contributed by atoms with Crippen LogP contribution >= 0.6 is 0 Å². The predicted molar refractivity (Wildman–Crippen MR) is 150 cm³/mol. The van der Waals surface area contributed by atoms with Gasteiger partial charge in [0.05, 0.1) is 16.6 Å². The van der Waals surface area contributed by atoms with E-state index in [1.807, 2.05) is 36.9 Å². The van der Waals surface area contributed by atoms with Crippen molar-refractivity contribution in [3.63, 3.8) is 0 Å². The summed E-state index contributed by atoms with van der Waals surface area (Å²) in [5.41, 5.74) is 3.78. The Morgan fingerprint density at radius 1 is 1.08 bits per heavy atom. The number of anilines is 1. The van der Waals surface area contributed by atoms with Gasteiger partial charge in [0.15, 0.2) is 0 Å². The highest BCUT2D eigenvalue weighted by Gasteiger charge is 2.35. The Hall–Kier alpha value is -3.50. The molecule has 0 radical (unpaired) electrons. The number of aryl methyl sites for hydroxylation is 2. The lowest BCUT2D eigenvalue weighted by Gasteiger charge is -2.37. The van der Waals surface area contributed by atoms with E-state index in [9.17, 15) is 13.2 Å². The van der Waals surface area contributed by atoms with Crippen molar-refractivity contribution in [1.82, 2.24) is 20.2 Å². The van der Waals surface area contributed by atoms with Crippen LogP contribution < -0.4 is 14.8 Å². The molecule has 5 rings (SSSR count). The molecule has 0 aliphatic carbocycles. The van der Waals surface area contributed by atoms with E-state index in [2.05, 4.69) is 33.9 Å². The van der Waals surface area contributed by atoms with Crippen LogP contribution in [0.4, 0.5) is 5.95 Å². The number of sulfonamides is 1. The fourth-order valence-electron chi connectivity index (χ4n) is 5.51. The summed E-state index contributed by atoms with van der Waals surface area (Å²) in [5, 5.41) is 3.36. The minimum Gasteiger partial charge on any atom is -0.475 e. The third-order valence-corrected chi connectivity index (χ3v) is 8.61. The number of aromatic nitrogens is 2. The number of carbonyl (C=O) groups is 1. The van der Waals surface area contributed by atoms with Crippen LogP contribution in [0.1, 0.15) is 48.2 Å². The average Bonchev–Trinajstić information content (AvgIpc) is 3.40. The van der Waals surface area contributed by atoms with Crippen molar-refractivity contribution in [1.29, 1.82) is 0 Å². The smallest absolute Gasteiger partial charge is 0.264 e. The summed E-state index contributed by atoms with van der Waals surface area (Å²) >= 11 is 0. The standard InChI is InChI=1S/C29H35N5O4S/c1-18(2)13-23-17-38-26-15-25(27-19(3)7-5-8-20(27)4)31-29(32-26)33-39(36,37)24-10-6-9-21(14-24)28(35)34(23)22-11-12-30-16-22/h5-10,14-15,18,22-23,30H,11-13,16-17H2,1-4H3,(H,31,32,33)/t22?,23-/m1/s1. The van der Waals surface area contributed by atoms with Gasteiger partial charge in [-0.3, -0.25) is 4.79 Å². The Bertz CT molecular complexity index is 1460. The van der Waals surface area contributed by atoms with Gasteiger partial charge in [0.25, 0.3) is 15.9 Å². The first-order valence-electron chi connectivity index (χ1n) is 13.4.